The molecule has 0 unspecified atom stereocenters. The summed E-state index contributed by atoms with van der Waals surface area (Å²) in [7, 11) is -3.71. The van der Waals surface area contributed by atoms with E-state index in [0.717, 1.165) is 34.2 Å². The number of H-pyrrole nitrogens is 1. The first-order valence-electron chi connectivity index (χ1n) is 15.8. The number of esters is 1. The maximum Gasteiger partial charge on any atom is 0.342 e. The smallest absolute Gasteiger partial charge is 0.342 e. The van der Waals surface area contributed by atoms with Crippen molar-refractivity contribution < 1.29 is 27.1 Å². The summed E-state index contributed by atoms with van der Waals surface area (Å²) >= 11 is 0. The van der Waals surface area contributed by atoms with Crippen molar-refractivity contribution in [1.82, 2.24) is 19.1 Å². The molecule has 0 spiro atoms. The zero-order valence-corrected chi connectivity index (χ0v) is 27.8. The maximum atomic E-state index is 14.1. The van der Waals surface area contributed by atoms with Crippen molar-refractivity contribution in [2.24, 2.45) is 0 Å². The molecule has 0 atom stereocenters. The number of ether oxygens (including phenoxy) is 1. The van der Waals surface area contributed by atoms with Gasteiger partial charge in [0.2, 0.25) is 10.0 Å². The number of carbonyl (C=O) groups excluding carboxylic acids is 2. The van der Waals surface area contributed by atoms with Crippen molar-refractivity contribution in [3.8, 4) is 0 Å². The number of carbonyl (C=O) groups is 2. The van der Waals surface area contributed by atoms with Gasteiger partial charge in [0.1, 0.15) is 5.82 Å². The highest BCUT2D eigenvalue weighted by Gasteiger charge is 2.38. The van der Waals surface area contributed by atoms with Crippen LogP contribution in [-0.2, 0) is 31.5 Å². The predicted molar refractivity (Wildman–Crippen MR) is 178 cm³/mol. The quantitative estimate of drug-likeness (QED) is 0.262. The van der Waals surface area contributed by atoms with E-state index in [1.54, 1.807) is 31.0 Å². The number of fused-ring (bicyclic) bond motifs is 3. The second-order valence-corrected chi connectivity index (χ2v) is 15.0. The van der Waals surface area contributed by atoms with Crippen LogP contribution >= 0.6 is 0 Å². The van der Waals surface area contributed by atoms with Crippen molar-refractivity contribution in [1.29, 1.82) is 0 Å². The van der Waals surface area contributed by atoms with E-state index in [9.17, 15) is 22.4 Å². The van der Waals surface area contributed by atoms with Gasteiger partial charge in [0.15, 0.2) is 0 Å². The Labute approximate surface area is 274 Å². The average molecular weight is 659 g/mol. The summed E-state index contributed by atoms with van der Waals surface area (Å²) in [6, 6.07) is 20.2. The standard InChI is InChI=1S/C36H39FN4O5S/c1-24(2)46-35(43)30-22-40(23-36(3,4)32-29-10-5-6-11-31(29)38-33(30)32)34(42)26-9-7-8-25(20-26)21-39-16-18-41(19-17-39)47(44,45)28-14-12-27(37)13-15-28/h5-15,20,22,24,38H,16-19,21,23H2,1-4H3. The number of halogens is 1. The molecule has 0 bridgehead atoms. The van der Waals surface area contributed by atoms with Gasteiger partial charge in [-0.2, -0.15) is 4.31 Å². The first kappa shape index (κ1) is 32.6. The molecule has 47 heavy (non-hydrogen) atoms. The van der Waals surface area contributed by atoms with Crippen LogP contribution in [0.2, 0.25) is 0 Å². The van der Waals surface area contributed by atoms with Crippen LogP contribution in [0.3, 0.4) is 0 Å². The number of nitrogens with zero attached hydrogens (tertiary/aromatic N) is 3. The minimum Gasteiger partial charge on any atom is -0.459 e. The Bertz CT molecular complexity index is 1960. The number of para-hydroxylation sites is 1. The van der Waals surface area contributed by atoms with Gasteiger partial charge in [-0.25, -0.2) is 17.6 Å². The summed E-state index contributed by atoms with van der Waals surface area (Å²) in [5.74, 6) is -1.22. The molecule has 0 saturated carbocycles. The zero-order chi connectivity index (χ0) is 33.5. The summed E-state index contributed by atoms with van der Waals surface area (Å²) < 4.78 is 46.5. The number of amides is 1. The highest BCUT2D eigenvalue weighted by Crippen LogP contribution is 2.40. The van der Waals surface area contributed by atoms with Gasteiger partial charge >= 0.3 is 5.97 Å². The van der Waals surface area contributed by atoms with Crippen molar-refractivity contribution in [2.75, 3.05) is 32.7 Å². The SMILES string of the molecule is CC(C)OC(=O)C1=CN(C(=O)c2cccc(CN3CCN(S(=O)(=O)c4ccc(F)cc4)CC3)c2)CC(C)(C)c2c1[nH]c1ccccc21. The molecule has 2 aliphatic rings. The molecule has 1 aromatic heterocycles. The molecule has 4 aromatic rings. The summed E-state index contributed by atoms with van der Waals surface area (Å²) in [5.41, 5.74) is 3.73. The van der Waals surface area contributed by atoms with E-state index in [4.69, 9.17) is 4.74 Å². The molecule has 1 saturated heterocycles. The summed E-state index contributed by atoms with van der Waals surface area (Å²) in [6.07, 6.45) is 1.28. The van der Waals surface area contributed by atoms with Crippen molar-refractivity contribution in [3.63, 3.8) is 0 Å². The number of hydrogen-bond donors (Lipinski definition) is 1. The van der Waals surface area contributed by atoms with Crippen LogP contribution in [-0.4, -0.2) is 78.2 Å². The first-order chi connectivity index (χ1) is 22.3. The molecule has 0 radical (unpaired) electrons. The monoisotopic (exact) mass is 658 g/mol. The fraction of sp³-hybridized carbons (Fsp3) is 0.333. The van der Waals surface area contributed by atoms with Crippen molar-refractivity contribution in [2.45, 2.75) is 50.7 Å². The lowest BCUT2D eigenvalue weighted by Gasteiger charge is -2.34. The van der Waals surface area contributed by atoms with Gasteiger partial charge in [0, 0.05) is 67.3 Å². The molecule has 11 heteroatoms. The second kappa shape index (κ2) is 12.7. The van der Waals surface area contributed by atoms with Crippen molar-refractivity contribution in [3.05, 3.63) is 107 Å². The van der Waals surface area contributed by atoms with E-state index in [0.29, 0.717) is 56.1 Å². The van der Waals surface area contributed by atoms with Crippen LogP contribution in [0, 0.1) is 5.82 Å². The number of rotatable bonds is 7. The fourth-order valence-electron chi connectivity index (χ4n) is 6.49. The highest BCUT2D eigenvalue weighted by atomic mass is 32.2. The van der Waals surface area contributed by atoms with Crippen LogP contribution in [0.5, 0.6) is 0 Å². The Morgan fingerprint density at radius 3 is 2.36 bits per heavy atom. The normalized spacial score (nSPS) is 17.3. The predicted octanol–water partition coefficient (Wildman–Crippen LogP) is 5.54. The Kier molecular flexibility index (Phi) is 8.82. The van der Waals surface area contributed by atoms with E-state index in [1.807, 2.05) is 42.5 Å². The van der Waals surface area contributed by atoms with Gasteiger partial charge in [0.25, 0.3) is 5.91 Å². The summed E-state index contributed by atoms with van der Waals surface area (Å²) in [4.78, 5) is 34.8. The molecule has 1 N–H and O–H groups in total. The lowest BCUT2D eigenvalue weighted by molar-refractivity contribution is -0.140. The van der Waals surface area contributed by atoms with Crippen LogP contribution in [0.1, 0.15) is 54.9 Å². The van der Waals surface area contributed by atoms with Crippen LogP contribution in [0.15, 0.2) is 83.9 Å². The number of aromatic nitrogens is 1. The zero-order valence-electron chi connectivity index (χ0n) is 27.0. The summed E-state index contributed by atoms with van der Waals surface area (Å²) in [5, 5.41) is 0.998. The number of sulfonamides is 1. The van der Waals surface area contributed by atoms with E-state index in [2.05, 4.69) is 23.7 Å². The molecule has 1 amide bonds. The number of aromatic amines is 1. The average Bonchev–Trinajstić information content (AvgIpc) is 3.38. The molecule has 2 aliphatic heterocycles. The second-order valence-electron chi connectivity index (χ2n) is 13.1. The maximum absolute atomic E-state index is 14.1. The fourth-order valence-corrected chi connectivity index (χ4v) is 7.91. The third kappa shape index (κ3) is 6.60. The van der Waals surface area contributed by atoms with E-state index < -0.39 is 27.2 Å². The molecule has 9 nitrogen and oxygen atoms in total. The Balaban J connectivity index is 1.22. The topological polar surface area (TPSA) is 103 Å². The van der Waals surface area contributed by atoms with Crippen LogP contribution < -0.4 is 0 Å². The third-order valence-corrected chi connectivity index (χ3v) is 10.6. The first-order valence-corrected chi connectivity index (χ1v) is 17.2. The lowest BCUT2D eigenvalue weighted by atomic mass is 9.81. The van der Waals surface area contributed by atoms with Crippen LogP contribution in [0.25, 0.3) is 16.5 Å². The van der Waals surface area contributed by atoms with Gasteiger partial charge in [-0.1, -0.05) is 44.2 Å². The number of piperazine rings is 1. The number of nitrogens with one attached hydrogen (secondary N) is 1. The molecule has 1 fully saturated rings. The van der Waals surface area contributed by atoms with Crippen molar-refractivity contribution >= 4 is 38.4 Å². The van der Waals surface area contributed by atoms with Gasteiger partial charge in [-0.05, 0) is 67.4 Å². The number of benzene rings is 3. The van der Waals surface area contributed by atoms with Gasteiger partial charge in [-0.15, -0.1) is 0 Å². The lowest BCUT2D eigenvalue weighted by Crippen LogP contribution is -2.48. The van der Waals surface area contributed by atoms with Gasteiger partial charge < -0.3 is 14.6 Å². The van der Waals surface area contributed by atoms with Crippen LogP contribution in [0.4, 0.5) is 4.39 Å². The number of hydrogen-bond acceptors (Lipinski definition) is 6. The van der Waals surface area contributed by atoms with E-state index in [1.165, 1.54) is 16.4 Å². The highest BCUT2D eigenvalue weighted by molar-refractivity contribution is 7.89. The van der Waals surface area contributed by atoms with E-state index in [-0.39, 0.29) is 16.9 Å². The molecule has 246 valence electrons. The molecule has 3 aromatic carbocycles. The van der Waals surface area contributed by atoms with Gasteiger partial charge in [-0.3, -0.25) is 9.69 Å². The third-order valence-electron chi connectivity index (χ3n) is 8.69. The Morgan fingerprint density at radius 1 is 0.957 bits per heavy atom. The minimum atomic E-state index is -3.71. The van der Waals surface area contributed by atoms with E-state index >= 15 is 0 Å². The Morgan fingerprint density at radius 2 is 1.66 bits per heavy atom. The van der Waals surface area contributed by atoms with Gasteiger partial charge in [0.05, 0.1) is 22.3 Å². The minimum absolute atomic E-state index is 0.0744. The molecule has 3 heterocycles. The molecule has 0 aliphatic carbocycles. The molecular weight excluding hydrogens is 619 g/mol. The molecular formula is C36H39FN4O5S. The summed E-state index contributed by atoms with van der Waals surface area (Å²) in [6.45, 7) is 10.2. The largest absolute Gasteiger partial charge is 0.459 e. The Hall–Kier alpha value is -4.32. The molecule has 6 rings (SSSR count).